The Kier molecular flexibility index (Phi) is 5.20. The highest BCUT2D eigenvalue weighted by molar-refractivity contribution is 6.32. The maximum absolute atomic E-state index is 12.9. The van der Waals surface area contributed by atoms with Gasteiger partial charge in [0, 0.05) is 12.6 Å². The summed E-state index contributed by atoms with van der Waals surface area (Å²) in [5.41, 5.74) is 0. The Morgan fingerprint density at radius 2 is 2.25 bits per heavy atom. The van der Waals surface area contributed by atoms with Gasteiger partial charge in [-0.2, -0.15) is 0 Å². The van der Waals surface area contributed by atoms with E-state index in [-0.39, 0.29) is 35.9 Å². The highest BCUT2D eigenvalue weighted by atomic mass is 35.5. The smallest absolute Gasteiger partial charge is 0.260 e. The van der Waals surface area contributed by atoms with E-state index in [0.717, 1.165) is 25.3 Å². The molecule has 1 amide bonds. The Bertz CT molecular complexity index is 479. The zero-order chi connectivity index (χ0) is 14.5. The Hall–Kier alpha value is -1.33. The maximum Gasteiger partial charge on any atom is 0.260 e. The monoisotopic (exact) mass is 301 g/mol. The lowest BCUT2D eigenvalue weighted by Gasteiger charge is -2.37. The molecule has 110 valence electrons. The van der Waals surface area contributed by atoms with Crippen molar-refractivity contribution < 1.29 is 19.0 Å². The molecular weight excluding hydrogens is 285 g/mol. The lowest BCUT2D eigenvalue weighted by atomic mass is 9.91. The van der Waals surface area contributed by atoms with Gasteiger partial charge in [0.05, 0.1) is 11.6 Å². The molecule has 0 radical (unpaired) electrons. The van der Waals surface area contributed by atoms with Crippen molar-refractivity contribution in [2.75, 3.05) is 19.8 Å². The first-order valence-corrected chi connectivity index (χ1v) is 6.98. The quantitative estimate of drug-likeness (QED) is 0.876. The van der Waals surface area contributed by atoms with Gasteiger partial charge in [0.25, 0.3) is 5.91 Å². The summed E-state index contributed by atoms with van der Waals surface area (Å²) in [6, 6.07) is 3.95. The van der Waals surface area contributed by atoms with Gasteiger partial charge in [0.15, 0.2) is 6.61 Å². The Morgan fingerprint density at radius 1 is 1.50 bits per heavy atom. The number of nitrogens with zero attached hydrogens (tertiary/aromatic N) is 1. The van der Waals surface area contributed by atoms with Gasteiger partial charge in [-0.25, -0.2) is 4.39 Å². The van der Waals surface area contributed by atoms with Crippen LogP contribution in [0.25, 0.3) is 0 Å². The van der Waals surface area contributed by atoms with Gasteiger partial charge in [0.1, 0.15) is 11.6 Å². The number of hydrogen-bond donors (Lipinski definition) is 1. The standard InChI is InChI=1S/C14H17ClFNO3/c15-12-8-10(16)4-5-13(12)20-9-14(19)17(6-7-18)11-2-1-3-11/h4-5,8,11,18H,1-3,6-7,9H2. The molecule has 1 N–H and O–H groups in total. The molecular formula is C14H17ClFNO3. The molecule has 0 heterocycles. The number of aliphatic hydroxyl groups is 1. The molecule has 0 bridgehead atoms. The summed E-state index contributed by atoms with van der Waals surface area (Å²) in [5.74, 6) is -0.367. The van der Waals surface area contributed by atoms with Crippen LogP contribution in [0.1, 0.15) is 19.3 Å². The van der Waals surface area contributed by atoms with Crippen molar-refractivity contribution in [1.82, 2.24) is 4.90 Å². The van der Waals surface area contributed by atoms with E-state index in [0.29, 0.717) is 6.54 Å². The molecule has 6 heteroatoms. The van der Waals surface area contributed by atoms with Gasteiger partial charge in [-0.1, -0.05) is 11.6 Å². The van der Waals surface area contributed by atoms with Gasteiger partial charge >= 0.3 is 0 Å². The number of aliphatic hydroxyl groups excluding tert-OH is 1. The topological polar surface area (TPSA) is 49.8 Å². The summed E-state index contributed by atoms with van der Waals surface area (Å²) < 4.78 is 18.2. The molecule has 0 aromatic heterocycles. The molecule has 1 aliphatic rings. The van der Waals surface area contributed by atoms with E-state index in [4.69, 9.17) is 21.4 Å². The first-order chi connectivity index (χ1) is 9.61. The number of rotatable bonds is 6. The van der Waals surface area contributed by atoms with E-state index in [1.165, 1.54) is 12.1 Å². The summed E-state index contributed by atoms with van der Waals surface area (Å²) in [5, 5.41) is 9.15. The van der Waals surface area contributed by atoms with Crippen molar-refractivity contribution in [3.05, 3.63) is 29.0 Å². The van der Waals surface area contributed by atoms with Crippen LogP contribution in [0.5, 0.6) is 5.75 Å². The van der Waals surface area contributed by atoms with E-state index in [1.807, 2.05) is 0 Å². The molecule has 2 rings (SSSR count). The van der Waals surface area contributed by atoms with Crippen molar-refractivity contribution in [3.63, 3.8) is 0 Å². The molecule has 0 unspecified atom stereocenters. The van der Waals surface area contributed by atoms with E-state index < -0.39 is 5.82 Å². The van der Waals surface area contributed by atoms with Gasteiger partial charge in [-0.3, -0.25) is 4.79 Å². The highest BCUT2D eigenvalue weighted by Crippen LogP contribution is 2.26. The lowest BCUT2D eigenvalue weighted by molar-refractivity contribution is -0.138. The van der Waals surface area contributed by atoms with E-state index in [2.05, 4.69) is 0 Å². The normalized spacial score (nSPS) is 14.8. The number of carbonyl (C=O) groups is 1. The number of carbonyl (C=O) groups excluding carboxylic acids is 1. The zero-order valence-electron chi connectivity index (χ0n) is 11.0. The molecule has 0 atom stereocenters. The molecule has 1 saturated carbocycles. The van der Waals surface area contributed by atoms with Crippen molar-refractivity contribution in [3.8, 4) is 5.75 Å². The summed E-state index contributed by atoms with van der Waals surface area (Å²) in [7, 11) is 0. The number of benzene rings is 1. The van der Waals surface area contributed by atoms with Gasteiger partial charge in [0.2, 0.25) is 0 Å². The van der Waals surface area contributed by atoms with Crippen molar-refractivity contribution in [1.29, 1.82) is 0 Å². The van der Waals surface area contributed by atoms with Crippen LogP contribution in [0.15, 0.2) is 18.2 Å². The predicted molar refractivity (Wildman–Crippen MR) is 73.3 cm³/mol. The van der Waals surface area contributed by atoms with Crippen LogP contribution in [-0.2, 0) is 4.79 Å². The molecule has 1 fully saturated rings. The Balaban J connectivity index is 1.92. The van der Waals surface area contributed by atoms with Gasteiger partial charge in [-0.15, -0.1) is 0 Å². The molecule has 20 heavy (non-hydrogen) atoms. The van der Waals surface area contributed by atoms with Crippen LogP contribution < -0.4 is 4.74 Å². The zero-order valence-corrected chi connectivity index (χ0v) is 11.8. The fourth-order valence-corrected chi connectivity index (χ4v) is 2.35. The highest BCUT2D eigenvalue weighted by Gasteiger charge is 2.28. The number of amides is 1. The molecule has 0 aliphatic heterocycles. The minimum Gasteiger partial charge on any atom is -0.482 e. The third kappa shape index (κ3) is 3.61. The third-order valence-corrected chi connectivity index (χ3v) is 3.72. The summed E-state index contributed by atoms with van der Waals surface area (Å²) in [6.45, 7) is 0.0748. The lowest BCUT2D eigenvalue weighted by Crippen LogP contribution is -2.47. The first-order valence-electron chi connectivity index (χ1n) is 6.60. The van der Waals surface area contributed by atoms with Crippen LogP contribution in [0.4, 0.5) is 4.39 Å². The van der Waals surface area contributed by atoms with E-state index >= 15 is 0 Å². The van der Waals surface area contributed by atoms with Gasteiger partial charge in [-0.05, 0) is 37.5 Å². The largest absolute Gasteiger partial charge is 0.482 e. The van der Waals surface area contributed by atoms with Crippen LogP contribution >= 0.6 is 11.6 Å². The summed E-state index contributed by atoms with van der Waals surface area (Å²) >= 11 is 5.82. The van der Waals surface area contributed by atoms with Gasteiger partial charge < -0.3 is 14.7 Å². The number of hydrogen-bond acceptors (Lipinski definition) is 3. The second-order valence-corrected chi connectivity index (χ2v) is 5.17. The average Bonchev–Trinajstić information content (AvgIpc) is 2.34. The Morgan fingerprint density at radius 3 is 2.80 bits per heavy atom. The van der Waals surface area contributed by atoms with Crippen LogP contribution in [0.3, 0.4) is 0 Å². The molecule has 0 spiro atoms. The Labute approximate surface area is 122 Å². The van der Waals surface area contributed by atoms with Crippen LogP contribution in [0, 0.1) is 5.82 Å². The fraction of sp³-hybridized carbons (Fsp3) is 0.500. The summed E-state index contributed by atoms with van der Waals surface area (Å²) in [6.07, 6.45) is 3.02. The van der Waals surface area contributed by atoms with Crippen LogP contribution in [-0.4, -0.2) is 41.7 Å². The average molecular weight is 302 g/mol. The molecule has 1 aliphatic carbocycles. The third-order valence-electron chi connectivity index (χ3n) is 3.42. The number of halogens is 2. The molecule has 0 saturated heterocycles. The van der Waals surface area contributed by atoms with Crippen molar-refractivity contribution in [2.24, 2.45) is 0 Å². The van der Waals surface area contributed by atoms with Crippen molar-refractivity contribution >= 4 is 17.5 Å². The second-order valence-electron chi connectivity index (χ2n) is 4.76. The maximum atomic E-state index is 12.9. The molecule has 1 aromatic rings. The fourth-order valence-electron chi connectivity index (χ4n) is 2.13. The van der Waals surface area contributed by atoms with Crippen LogP contribution in [0.2, 0.25) is 5.02 Å². The van der Waals surface area contributed by atoms with E-state index in [9.17, 15) is 9.18 Å². The van der Waals surface area contributed by atoms with Crippen molar-refractivity contribution in [2.45, 2.75) is 25.3 Å². The SMILES string of the molecule is O=C(COc1ccc(F)cc1Cl)N(CCO)C1CCC1. The molecule has 4 nitrogen and oxygen atoms in total. The predicted octanol–water partition coefficient (Wildman–Crippen LogP) is 2.23. The second kappa shape index (κ2) is 6.90. The minimum atomic E-state index is -0.454. The minimum absolute atomic E-state index is 0.0699. The first kappa shape index (κ1) is 15.1. The summed E-state index contributed by atoms with van der Waals surface area (Å²) in [4.78, 5) is 13.7. The molecule has 1 aromatic carbocycles. The number of ether oxygens (including phenoxy) is 1. The van der Waals surface area contributed by atoms with E-state index in [1.54, 1.807) is 4.90 Å².